The van der Waals surface area contributed by atoms with Gasteiger partial charge in [-0.05, 0) is 99.9 Å². The molecule has 2 saturated heterocycles. The van der Waals surface area contributed by atoms with Crippen LogP contribution in [0.5, 0.6) is 5.75 Å². The molecule has 2 aromatic carbocycles. The minimum atomic E-state index is -0.667. The maximum atomic E-state index is 14.8. The van der Waals surface area contributed by atoms with Gasteiger partial charge in [0.05, 0.1) is 29.6 Å². The van der Waals surface area contributed by atoms with Crippen molar-refractivity contribution >= 4 is 58.7 Å². The zero-order valence-corrected chi connectivity index (χ0v) is 34.3. The predicted octanol–water partition coefficient (Wildman–Crippen LogP) is 8.44. The number of pyridine rings is 1. The topological polar surface area (TPSA) is 114 Å². The number of methoxy groups -OCH3 is 1. The lowest BCUT2D eigenvalue weighted by Gasteiger charge is -2.40. The summed E-state index contributed by atoms with van der Waals surface area (Å²) in [6.45, 7) is 10.3. The SMILES string of the molecule is COC(=O)NCCc1ccc(Cl)c(CN(C(=O)[C@@H]2CN(C(=O)OC(C)(C)C)CC[C@H]2c2ccc(N3CC[C@@H](Oc4c(Cl)cc(C)cc4Cl)C3)nc2)C2CC2)c1. The summed E-state index contributed by atoms with van der Waals surface area (Å²) in [5, 5.41) is 4.26. The summed E-state index contributed by atoms with van der Waals surface area (Å²) in [5.41, 5.74) is 3.07. The molecule has 3 aromatic rings. The Balaban J connectivity index is 1.19. The number of rotatable bonds is 11. The highest BCUT2D eigenvalue weighted by molar-refractivity contribution is 6.37. The predicted molar refractivity (Wildman–Crippen MR) is 214 cm³/mol. The molecule has 3 fully saturated rings. The number of amides is 3. The van der Waals surface area contributed by atoms with Crippen LogP contribution in [0.1, 0.15) is 74.6 Å². The summed E-state index contributed by atoms with van der Waals surface area (Å²) in [4.78, 5) is 50.4. The van der Waals surface area contributed by atoms with E-state index in [2.05, 4.69) is 21.0 Å². The third-order valence-corrected chi connectivity index (χ3v) is 11.2. The molecular formula is C41H50Cl3N5O6. The Hall–Kier alpha value is -3.93. The molecule has 3 aliphatic rings. The largest absolute Gasteiger partial charge is 0.485 e. The van der Waals surface area contributed by atoms with E-state index in [9.17, 15) is 14.4 Å². The molecular weight excluding hydrogens is 765 g/mol. The molecule has 11 nitrogen and oxygen atoms in total. The number of likely N-dealkylation sites (tertiary alicyclic amines) is 1. The van der Waals surface area contributed by atoms with Crippen LogP contribution in [-0.4, -0.2) is 90.5 Å². The van der Waals surface area contributed by atoms with Crippen molar-refractivity contribution in [2.24, 2.45) is 5.92 Å². The number of nitrogens with zero attached hydrogens (tertiary/aromatic N) is 4. The van der Waals surface area contributed by atoms with Gasteiger partial charge in [0, 0.05) is 62.3 Å². The Morgan fingerprint density at radius 1 is 0.945 bits per heavy atom. The van der Waals surface area contributed by atoms with Gasteiger partial charge in [-0.1, -0.05) is 53.0 Å². The van der Waals surface area contributed by atoms with Gasteiger partial charge in [-0.15, -0.1) is 0 Å². The van der Waals surface area contributed by atoms with E-state index in [1.165, 1.54) is 7.11 Å². The molecule has 3 atom stereocenters. The number of anilines is 1. The Morgan fingerprint density at radius 3 is 2.35 bits per heavy atom. The number of alkyl carbamates (subject to hydrolysis) is 1. The Bertz CT molecular complexity index is 1840. The van der Waals surface area contributed by atoms with Crippen molar-refractivity contribution < 1.29 is 28.6 Å². The fourth-order valence-corrected chi connectivity index (χ4v) is 8.21. The average Bonchev–Trinajstić information content (AvgIpc) is 3.88. The summed E-state index contributed by atoms with van der Waals surface area (Å²) in [6.07, 6.45) is 4.61. The second-order valence-electron chi connectivity index (χ2n) is 15.7. The van der Waals surface area contributed by atoms with Crippen molar-refractivity contribution in [1.29, 1.82) is 0 Å². The second kappa shape index (κ2) is 17.5. The number of aryl methyl sites for hydroxylation is 1. The van der Waals surface area contributed by atoms with E-state index in [4.69, 9.17) is 49.3 Å². The van der Waals surface area contributed by atoms with Crippen molar-refractivity contribution in [1.82, 2.24) is 20.1 Å². The van der Waals surface area contributed by atoms with Crippen LogP contribution in [0.3, 0.4) is 0 Å². The molecule has 1 saturated carbocycles. The minimum Gasteiger partial charge on any atom is -0.485 e. The van der Waals surface area contributed by atoms with Gasteiger partial charge >= 0.3 is 12.2 Å². The highest BCUT2D eigenvalue weighted by Gasteiger charge is 2.43. The van der Waals surface area contributed by atoms with Gasteiger partial charge in [-0.3, -0.25) is 4.79 Å². The maximum absolute atomic E-state index is 14.8. The zero-order valence-electron chi connectivity index (χ0n) is 32.1. The van der Waals surface area contributed by atoms with Crippen molar-refractivity contribution in [3.63, 3.8) is 0 Å². The molecule has 0 unspecified atom stereocenters. The van der Waals surface area contributed by atoms with Gasteiger partial charge in [0.2, 0.25) is 5.91 Å². The molecule has 1 N–H and O–H groups in total. The fourth-order valence-electron chi connectivity index (χ4n) is 7.35. The Morgan fingerprint density at radius 2 is 1.69 bits per heavy atom. The van der Waals surface area contributed by atoms with Crippen LogP contribution in [0.25, 0.3) is 0 Å². The molecule has 1 aromatic heterocycles. The number of hydrogen-bond acceptors (Lipinski definition) is 8. The molecule has 3 amide bonds. The minimum absolute atomic E-state index is 0.0216. The number of carbonyl (C=O) groups excluding carboxylic acids is 3. The van der Waals surface area contributed by atoms with Crippen LogP contribution in [-0.2, 0) is 27.2 Å². The molecule has 1 aliphatic carbocycles. The smallest absolute Gasteiger partial charge is 0.410 e. The highest BCUT2D eigenvalue weighted by atomic mass is 35.5. The first-order chi connectivity index (χ1) is 26.2. The van der Waals surface area contributed by atoms with Crippen molar-refractivity contribution in [2.75, 3.05) is 44.7 Å². The Labute approximate surface area is 338 Å². The van der Waals surface area contributed by atoms with Crippen molar-refractivity contribution in [3.8, 4) is 5.75 Å². The molecule has 0 bridgehead atoms. The second-order valence-corrected chi connectivity index (χ2v) is 16.9. The van der Waals surface area contributed by atoms with Gasteiger partial charge < -0.3 is 34.2 Å². The van der Waals surface area contributed by atoms with Gasteiger partial charge in [-0.2, -0.15) is 0 Å². The number of carbonyl (C=O) groups is 3. The van der Waals surface area contributed by atoms with Gasteiger partial charge in [0.1, 0.15) is 17.5 Å². The lowest BCUT2D eigenvalue weighted by molar-refractivity contribution is -0.139. The van der Waals surface area contributed by atoms with Crippen LogP contribution < -0.4 is 15.0 Å². The average molecular weight is 815 g/mol. The van der Waals surface area contributed by atoms with E-state index in [1.54, 1.807) is 4.90 Å². The Kier molecular flexibility index (Phi) is 12.9. The number of ether oxygens (including phenoxy) is 3. The lowest BCUT2D eigenvalue weighted by atomic mass is 9.80. The van der Waals surface area contributed by atoms with E-state index >= 15 is 0 Å². The molecule has 14 heteroatoms. The maximum Gasteiger partial charge on any atom is 0.410 e. The van der Waals surface area contributed by atoms with Crippen LogP contribution in [0.15, 0.2) is 48.7 Å². The fraction of sp³-hybridized carbons (Fsp3) is 0.512. The number of benzene rings is 2. The van der Waals surface area contributed by atoms with E-state index in [0.717, 1.165) is 53.9 Å². The quantitative estimate of drug-likeness (QED) is 0.205. The molecule has 296 valence electrons. The van der Waals surface area contributed by atoms with Gasteiger partial charge in [-0.25, -0.2) is 14.6 Å². The summed E-state index contributed by atoms with van der Waals surface area (Å²) in [7, 11) is 1.33. The molecule has 6 rings (SSSR count). The van der Waals surface area contributed by atoms with Crippen LogP contribution >= 0.6 is 34.8 Å². The lowest BCUT2D eigenvalue weighted by Crippen LogP contribution is -2.51. The summed E-state index contributed by atoms with van der Waals surface area (Å²) in [6, 6.07) is 13.6. The number of hydrogen-bond donors (Lipinski definition) is 1. The van der Waals surface area contributed by atoms with Crippen molar-refractivity contribution in [3.05, 3.63) is 86.0 Å². The van der Waals surface area contributed by atoms with E-state index in [0.29, 0.717) is 59.8 Å². The molecule has 0 radical (unpaired) electrons. The first-order valence-corrected chi connectivity index (χ1v) is 20.0. The highest BCUT2D eigenvalue weighted by Crippen LogP contribution is 2.40. The number of nitrogens with one attached hydrogen (secondary N) is 1. The third-order valence-electron chi connectivity index (χ3n) is 10.3. The first-order valence-electron chi connectivity index (χ1n) is 18.9. The number of halogens is 3. The first kappa shape index (κ1) is 40.7. The molecule has 3 heterocycles. The monoisotopic (exact) mass is 813 g/mol. The van der Waals surface area contributed by atoms with Crippen LogP contribution in [0, 0.1) is 12.8 Å². The third kappa shape index (κ3) is 10.5. The van der Waals surface area contributed by atoms with Crippen molar-refractivity contribution in [2.45, 2.75) is 90.0 Å². The summed E-state index contributed by atoms with van der Waals surface area (Å²) in [5.74, 6) is 0.614. The summed E-state index contributed by atoms with van der Waals surface area (Å²) < 4.78 is 16.7. The molecule has 0 spiro atoms. The van der Waals surface area contributed by atoms with E-state index in [-0.39, 0.29) is 30.5 Å². The van der Waals surface area contributed by atoms with E-state index < -0.39 is 23.7 Å². The standard InChI is InChI=1S/C41H50Cl3N5O6/c1-25-18-34(43)37(35(44)19-25)54-30-13-16-47(23-30)36-11-7-27(21-46-36)31-14-17-48(40(52)55-41(2,3)4)24-32(31)38(50)49(29-8-9-29)22-28-20-26(6-10-33(28)42)12-15-45-39(51)53-5/h6-7,10-11,18-21,29-32H,8-9,12-17,22-24H2,1-5H3,(H,45,51)/t30-,31+,32-/m1/s1. The van der Waals surface area contributed by atoms with Crippen LogP contribution in [0.2, 0.25) is 15.1 Å². The normalized spacial score (nSPS) is 19.9. The number of piperidine rings is 1. The van der Waals surface area contributed by atoms with Gasteiger partial charge in [0.15, 0.2) is 5.75 Å². The molecule has 2 aliphatic heterocycles. The number of aromatic nitrogens is 1. The zero-order chi connectivity index (χ0) is 39.4. The molecule has 55 heavy (non-hydrogen) atoms. The summed E-state index contributed by atoms with van der Waals surface area (Å²) >= 11 is 19.6. The van der Waals surface area contributed by atoms with E-state index in [1.807, 2.05) is 75.2 Å². The van der Waals surface area contributed by atoms with Crippen LogP contribution in [0.4, 0.5) is 15.4 Å². The van der Waals surface area contributed by atoms with Gasteiger partial charge in [0.25, 0.3) is 0 Å².